The monoisotopic (exact) mass is 191 g/mol. The van der Waals surface area contributed by atoms with Crippen LogP contribution in [0.3, 0.4) is 0 Å². The van der Waals surface area contributed by atoms with Crippen LogP contribution in [0.2, 0.25) is 0 Å². The predicted molar refractivity (Wildman–Crippen MR) is 43.9 cm³/mol. The molecule has 2 rings (SSSR count). The van der Waals surface area contributed by atoms with Gasteiger partial charge in [0.05, 0.1) is 17.4 Å². The van der Waals surface area contributed by atoms with Crippen LogP contribution >= 0.6 is 0 Å². The molecule has 7 heteroatoms. The van der Waals surface area contributed by atoms with Crippen molar-refractivity contribution in [3.63, 3.8) is 0 Å². The summed E-state index contributed by atoms with van der Waals surface area (Å²) in [4.78, 5) is 14.4. The molecule has 2 aromatic heterocycles. The number of pyridine rings is 1. The average Bonchev–Trinajstić information content (AvgIpc) is 2.71. The van der Waals surface area contributed by atoms with Gasteiger partial charge >= 0.3 is 5.97 Å². The van der Waals surface area contributed by atoms with Crippen LogP contribution < -0.4 is 0 Å². The zero-order valence-corrected chi connectivity index (χ0v) is 6.90. The Balaban J connectivity index is 2.46. The molecule has 14 heavy (non-hydrogen) atoms. The van der Waals surface area contributed by atoms with Crippen molar-refractivity contribution in [2.24, 2.45) is 0 Å². The van der Waals surface area contributed by atoms with Gasteiger partial charge in [0.25, 0.3) is 0 Å². The van der Waals surface area contributed by atoms with Gasteiger partial charge < -0.3 is 5.11 Å². The first-order chi connectivity index (χ1) is 6.77. The highest BCUT2D eigenvalue weighted by molar-refractivity contribution is 5.87. The van der Waals surface area contributed by atoms with E-state index in [9.17, 15) is 4.79 Å². The SMILES string of the molecule is O=C(O)c1cncc(-n2cnnn2)c1. The van der Waals surface area contributed by atoms with Gasteiger partial charge in [0.2, 0.25) is 0 Å². The van der Waals surface area contributed by atoms with Crippen LogP contribution in [0.1, 0.15) is 10.4 Å². The van der Waals surface area contributed by atoms with E-state index in [4.69, 9.17) is 5.11 Å². The summed E-state index contributed by atoms with van der Waals surface area (Å²) in [7, 11) is 0. The Morgan fingerprint density at radius 1 is 1.43 bits per heavy atom. The minimum Gasteiger partial charge on any atom is -0.478 e. The second kappa shape index (κ2) is 3.21. The molecule has 2 heterocycles. The van der Waals surface area contributed by atoms with E-state index >= 15 is 0 Å². The fourth-order valence-electron chi connectivity index (χ4n) is 0.950. The predicted octanol–water partition coefficient (Wildman–Crippen LogP) is -0.245. The summed E-state index contributed by atoms with van der Waals surface area (Å²) < 4.78 is 1.33. The molecule has 0 unspecified atom stereocenters. The Hall–Kier alpha value is -2.31. The first kappa shape index (κ1) is 8.30. The molecule has 0 aliphatic rings. The van der Waals surface area contributed by atoms with Gasteiger partial charge in [-0.2, -0.15) is 4.68 Å². The molecule has 1 N–H and O–H groups in total. The number of carboxylic acid groups (broad SMARTS) is 1. The third kappa shape index (κ3) is 1.42. The topological polar surface area (TPSA) is 93.8 Å². The van der Waals surface area contributed by atoms with Gasteiger partial charge in [0.15, 0.2) is 0 Å². The molecule has 0 aliphatic heterocycles. The van der Waals surface area contributed by atoms with Crippen LogP contribution in [0, 0.1) is 0 Å². The zero-order valence-electron chi connectivity index (χ0n) is 6.90. The Bertz CT molecular complexity index is 453. The molecule has 0 fully saturated rings. The number of nitrogens with zero attached hydrogens (tertiary/aromatic N) is 5. The van der Waals surface area contributed by atoms with Crippen LogP contribution in [0.15, 0.2) is 24.8 Å². The standard InChI is InChI=1S/C7H5N5O2/c13-7(14)5-1-6(3-8-2-5)12-4-9-10-11-12/h1-4H,(H,13,14). The molecular weight excluding hydrogens is 186 g/mol. The molecule has 2 aromatic rings. The molecule has 0 amide bonds. The van der Waals surface area contributed by atoms with E-state index < -0.39 is 5.97 Å². The van der Waals surface area contributed by atoms with E-state index in [0.717, 1.165) is 0 Å². The lowest BCUT2D eigenvalue weighted by molar-refractivity contribution is 0.0696. The van der Waals surface area contributed by atoms with Gasteiger partial charge in [-0.3, -0.25) is 4.98 Å². The van der Waals surface area contributed by atoms with E-state index in [-0.39, 0.29) is 5.56 Å². The molecule has 0 aliphatic carbocycles. The molecule has 0 aromatic carbocycles. The number of carboxylic acids is 1. The third-order valence-electron chi connectivity index (χ3n) is 1.58. The Morgan fingerprint density at radius 2 is 2.29 bits per heavy atom. The van der Waals surface area contributed by atoms with Crippen LogP contribution in [0.25, 0.3) is 5.69 Å². The largest absolute Gasteiger partial charge is 0.478 e. The number of tetrazole rings is 1. The summed E-state index contributed by atoms with van der Waals surface area (Å²) in [6, 6.07) is 1.44. The maximum atomic E-state index is 10.6. The summed E-state index contributed by atoms with van der Waals surface area (Å²) in [6.45, 7) is 0. The number of carbonyl (C=O) groups is 1. The summed E-state index contributed by atoms with van der Waals surface area (Å²) in [5.41, 5.74) is 0.605. The van der Waals surface area contributed by atoms with Crippen LogP contribution in [-0.4, -0.2) is 36.3 Å². The van der Waals surface area contributed by atoms with Crippen molar-refractivity contribution in [2.75, 3.05) is 0 Å². The Labute approximate surface area is 78.0 Å². The van der Waals surface area contributed by atoms with Crippen molar-refractivity contribution < 1.29 is 9.90 Å². The van der Waals surface area contributed by atoms with Gasteiger partial charge in [-0.25, -0.2) is 4.79 Å². The van der Waals surface area contributed by atoms with E-state index in [2.05, 4.69) is 20.5 Å². The summed E-state index contributed by atoms with van der Waals surface area (Å²) in [6.07, 6.45) is 4.10. The first-order valence-corrected chi connectivity index (χ1v) is 3.69. The minimum absolute atomic E-state index is 0.0954. The number of rotatable bonds is 2. The molecule has 0 saturated heterocycles. The van der Waals surface area contributed by atoms with Crippen LogP contribution in [-0.2, 0) is 0 Å². The molecular formula is C7H5N5O2. The van der Waals surface area contributed by atoms with E-state index in [1.807, 2.05) is 0 Å². The van der Waals surface area contributed by atoms with E-state index in [1.165, 1.54) is 29.5 Å². The Kier molecular flexibility index (Phi) is 1.90. The van der Waals surface area contributed by atoms with Gasteiger partial charge in [-0.1, -0.05) is 0 Å². The highest BCUT2D eigenvalue weighted by Crippen LogP contribution is 2.05. The maximum absolute atomic E-state index is 10.6. The lowest BCUT2D eigenvalue weighted by atomic mass is 10.3. The van der Waals surface area contributed by atoms with Crippen molar-refractivity contribution in [2.45, 2.75) is 0 Å². The fraction of sp³-hybridized carbons (Fsp3) is 0. The van der Waals surface area contributed by atoms with Crippen molar-refractivity contribution in [1.29, 1.82) is 0 Å². The molecule has 0 spiro atoms. The van der Waals surface area contributed by atoms with Gasteiger partial charge in [0, 0.05) is 6.20 Å². The highest BCUT2D eigenvalue weighted by atomic mass is 16.4. The van der Waals surface area contributed by atoms with Crippen molar-refractivity contribution in [3.8, 4) is 5.69 Å². The van der Waals surface area contributed by atoms with Crippen molar-refractivity contribution >= 4 is 5.97 Å². The lowest BCUT2D eigenvalue weighted by Crippen LogP contribution is -2.01. The number of aromatic nitrogens is 5. The zero-order chi connectivity index (χ0) is 9.97. The quantitative estimate of drug-likeness (QED) is 0.703. The second-order valence-electron chi connectivity index (χ2n) is 2.49. The van der Waals surface area contributed by atoms with Crippen molar-refractivity contribution in [1.82, 2.24) is 25.2 Å². The van der Waals surface area contributed by atoms with E-state index in [0.29, 0.717) is 5.69 Å². The molecule has 70 valence electrons. The van der Waals surface area contributed by atoms with Gasteiger partial charge in [-0.05, 0) is 16.5 Å². The van der Waals surface area contributed by atoms with Gasteiger partial charge in [0.1, 0.15) is 6.33 Å². The second-order valence-corrected chi connectivity index (χ2v) is 2.49. The maximum Gasteiger partial charge on any atom is 0.337 e. The molecule has 0 bridgehead atoms. The molecule has 0 saturated carbocycles. The molecule has 0 radical (unpaired) electrons. The molecule has 7 nitrogen and oxygen atoms in total. The summed E-state index contributed by atoms with van der Waals surface area (Å²) in [5, 5.41) is 19.2. The summed E-state index contributed by atoms with van der Waals surface area (Å²) >= 11 is 0. The first-order valence-electron chi connectivity index (χ1n) is 3.69. The number of hydrogen-bond donors (Lipinski definition) is 1. The summed E-state index contributed by atoms with van der Waals surface area (Å²) in [5.74, 6) is -1.03. The minimum atomic E-state index is -1.03. The lowest BCUT2D eigenvalue weighted by Gasteiger charge is -1.98. The normalized spacial score (nSPS) is 10.0. The van der Waals surface area contributed by atoms with Crippen LogP contribution in [0.5, 0.6) is 0 Å². The van der Waals surface area contributed by atoms with Crippen LogP contribution in [0.4, 0.5) is 0 Å². The molecule has 0 atom stereocenters. The average molecular weight is 191 g/mol. The van der Waals surface area contributed by atoms with Crippen molar-refractivity contribution in [3.05, 3.63) is 30.4 Å². The Morgan fingerprint density at radius 3 is 2.93 bits per heavy atom. The van der Waals surface area contributed by atoms with E-state index in [1.54, 1.807) is 0 Å². The number of aromatic carboxylic acids is 1. The smallest absolute Gasteiger partial charge is 0.337 e. The van der Waals surface area contributed by atoms with Gasteiger partial charge in [-0.15, -0.1) is 5.10 Å². The number of hydrogen-bond acceptors (Lipinski definition) is 5. The third-order valence-corrected chi connectivity index (χ3v) is 1.58. The fourth-order valence-corrected chi connectivity index (χ4v) is 0.950. The highest BCUT2D eigenvalue weighted by Gasteiger charge is 2.05.